The van der Waals surface area contributed by atoms with Crippen molar-refractivity contribution in [1.82, 2.24) is 0 Å². The summed E-state index contributed by atoms with van der Waals surface area (Å²) in [5.41, 5.74) is 0. The lowest BCUT2D eigenvalue weighted by atomic mass is 10.1. The highest BCUT2D eigenvalue weighted by Gasteiger charge is 2.02. The van der Waals surface area contributed by atoms with Gasteiger partial charge in [-0.2, -0.15) is 0 Å². The van der Waals surface area contributed by atoms with Crippen LogP contribution in [0.25, 0.3) is 0 Å². The van der Waals surface area contributed by atoms with Gasteiger partial charge in [0.1, 0.15) is 0 Å². The molecule has 0 spiro atoms. The quantitative estimate of drug-likeness (QED) is 0.497. The number of hydrogen-bond acceptors (Lipinski definition) is 0. The van der Waals surface area contributed by atoms with Crippen LogP contribution in [0.5, 0.6) is 0 Å². The van der Waals surface area contributed by atoms with Gasteiger partial charge in [0.2, 0.25) is 0 Å². The van der Waals surface area contributed by atoms with Crippen LogP contribution in [-0.2, 0) is 0 Å². The molecule has 0 aromatic carbocycles. The third-order valence-corrected chi connectivity index (χ3v) is 2.17. The Morgan fingerprint density at radius 1 is 1.50 bits per heavy atom. The molecule has 0 fully saturated rings. The molecule has 1 atom stereocenters. The molecule has 0 heterocycles. The van der Waals surface area contributed by atoms with Crippen LogP contribution in [0.2, 0.25) is 0 Å². The summed E-state index contributed by atoms with van der Waals surface area (Å²) in [5.74, 6) is 0. The van der Waals surface area contributed by atoms with E-state index < -0.39 is 0 Å². The van der Waals surface area contributed by atoms with Gasteiger partial charge in [0, 0.05) is 5.03 Å². The summed E-state index contributed by atoms with van der Waals surface area (Å²) in [6, 6.07) is 0. The maximum Gasteiger partial charge on any atom is 0.0519 e. The first-order valence-corrected chi connectivity index (χ1v) is 4.27. The van der Waals surface area contributed by atoms with Gasteiger partial charge in [0.05, 0.1) is 5.38 Å². The Hall–Kier alpha value is 0.0600. The third kappa shape index (κ3) is 2.76. The molecular formula is C8H10Cl2. The summed E-state index contributed by atoms with van der Waals surface area (Å²) >= 11 is 11.7. The number of halogens is 2. The number of hydrogen-bond donors (Lipinski definition) is 0. The highest BCUT2D eigenvalue weighted by atomic mass is 35.5. The zero-order chi connectivity index (χ0) is 7.40. The lowest BCUT2D eigenvalue weighted by molar-refractivity contribution is 0.757. The lowest BCUT2D eigenvalue weighted by Gasteiger charge is -2.05. The van der Waals surface area contributed by atoms with Crippen LogP contribution in [0, 0.1) is 0 Å². The second kappa shape index (κ2) is 4.05. The Morgan fingerprint density at radius 2 is 2.30 bits per heavy atom. The summed E-state index contributed by atoms with van der Waals surface area (Å²) in [6.07, 6.45) is 8.91. The summed E-state index contributed by atoms with van der Waals surface area (Å²) in [7, 11) is 0. The molecule has 0 aromatic heterocycles. The first-order valence-electron chi connectivity index (χ1n) is 3.46. The van der Waals surface area contributed by atoms with E-state index in [0.29, 0.717) is 0 Å². The molecule has 0 saturated carbocycles. The number of rotatable bonds is 0. The Balaban J connectivity index is 2.55. The Kier molecular flexibility index (Phi) is 3.30. The van der Waals surface area contributed by atoms with Crippen LogP contribution in [0.3, 0.4) is 0 Å². The van der Waals surface area contributed by atoms with Crippen molar-refractivity contribution in [2.75, 3.05) is 0 Å². The monoisotopic (exact) mass is 176 g/mol. The molecule has 1 aliphatic rings. The van der Waals surface area contributed by atoms with E-state index in [2.05, 4.69) is 0 Å². The predicted octanol–water partition coefficient (Wildman–Crippen LogP) is 3.46. The van der Waals surface area contributed by atoms with Gasteiger partial charge in [-0.25, -0.2) is 0 Å². The topological polar surface area (TPSA) is 0 Å². The average Bonchev–Trinajstić information content (AvgIpc) is 1.84. The smallest absolute Gasteiger partial charge is 0.0519 e. The summed E-state index contributed by atoms with van der Waals surface area (Å²) in [4.78, 5) is 0. The van der Waals surface area contributed by atoms with Crippen molar-refractivity contribution < 1.29 is 0 Å². The van der Waals surface area contributed by atoms with Crippen LogP contribution < -0.4 is 0 Å². The maximum absolute atomic E-state index is 5.88. The van der Waals surface area contributed by atoms with Gasteiger partial charge in [-0.1, -0.05) is 23.8 Å². The van der Waals surface area contributed by atoms with Gasteiger partial charge in [-0.15, -0.1) is 11.6 Å². The van der Waals surface area contributed by atoms with Gasteiger partial charge in [-0.3, -0.25) is 0 Å². The van der Waals surface area contributed by atoms with E-state index in [4.69, 9.17) is 23.2 Å². The Morgan fingerprint density at radius 3 is 3.10 bits per heavy atom. The fraction of sp³-hybridized carbons (Fsp3) is 0.500. The van der Waals surface area contributed by atoms with Crippen LogP contribution >= 0.6 is 23.2 Å². The minimum Gasteiger partial charge on any atom is -0.118 e. The molecule has 0 bridgehead atoms. The van der Waals surface area contributed by atoms with Crippen LogP contribution in [0.4, 0.5) is 0 Å². The Bertz CT molecular complexity index is 159. The number of allylic oxidation sites excluding steroid dienone is 4. The number of alkyl halides is 1. The maximum atomic E-state index is 5.88. The van der Waals surface area contributed by atoms with Crippen LogP contribution in [0.15, 0.2) is 23.3 Å². The molecule has 0 aromatic rings. The summed E-state index contributed by atoms with van der Waals surface area (Å²) in [5, 5.41) is 1.13. The molecule has 2 heteroatoms. The molecule has 1 unspecified atom stereocenters. The van der Waals surface area contributed by atoms with Gasteiger partial charge < -0.3 is 0 Å². The molecule has 10 heavy (non-hydrogen) atoms. The fourth-order valence-electron chi connectivity index (χ4n) is 0.926. The molecule has 0 nitrogen and oxygen atoms in total. The molecule has 1 aliphatic carbocycles. The second-order valence-corrected chi connectivity index (χ2v) is 3.45. The zero-order valence-electron chi connectivity index (χ0n) is 5.69. The van der Waals surface area contributed by atoms with E-state index in [9.17, 15) is 0 Å². The second-order valence-electron chi connectivity index (χ2n) is 2.41. The Labute approximate surface area is 71.5 Å². The SMILES string of the molecule is ClC1=C/C=C\C(Cl)CCC1. The molecule has 0 aliphatic heterocycles. The molecule has 56 valence electrons. The van der Waals surface area contributed by atoms with E-state index in [1.165, 1.54) is 0 Å². The fourth-order valence-corrected chi connectivity index (χ4v) is 1.37. The molecule has 1 rings (SSSR count). The predicted molar refractivity (Wildman–Crippen MR) is 46.6 cm³/mol. The molecular weight excluding hydrogens is 167 g/mol. The summed E-state index contributed by atoms with van der Waals surface area (Å²) < 4.78 is 0. The lowest BCUT2D eigenvalue weighted by Crippen LogP contribution is -1.94. The van der Waals surface area contributed by atoms with Crippen LogP contribution in [0.1, 0.15) is 19.3 Å². The van der Waals surface area contributed by atoms with Crippen molar-refractivity contribution in [3.8, 4) is 0 Å². The van der Waals surface area contributed by atoms with E-state index in [1.54, 1.807) is 0 Å². The average molecular weight is 177 g/mol. The van der Waals surface area contributed by atoms with Crippen molar-refractivity contribution in [3.63, 3.8) is 0 Å². The molecule has 0 N–H and O–H groups in total. The van der Waals surface area contributed by atoms with Gasteiger partial charge >= 0.3 is 0 Å². The van der Waals surface area contributed by atoms with Gasteiger partial charge in [-0.05, 0) is 25.3 Å². The largest absolute Gasteiger partial charge is 0.118 e. The van der Waals surface area contributed by atoms with E-state index >= 15 is 0 Å². The normalized spacial score (nSPS) is 30.2. The first kappa shape index (κ1) is 8.16. The minimum atomic E-state index is 0.195. The zero-order valence-corrected chi connectivity index (χ0v) is 7.20. The first-order chi connectivity index (χ1) is 4.79. The third-order valence-electron chi connectivity index (χ3n) is 1.49. The van der Waals surface area contributed by atoms with Crippen molar-refractivity contribution in [2.24, 2.45) is 0 Å². The summed E-state index contributed by atoms with van der Waals surface area (Å²) in [6.45, 7) is 0. The molecule has 0 saturated heterocycles. The van der Waals surface area contributed by atoms with Crippen molar-refractivity contribution >= 4 is 23.2 Å². The van der Waals surface area contributed by atoms with Crippen molar-refractivity contribution in [2.45, 2.75) is 24.6 Å². The highest BCUT2D eigenvalue weighted by Crippen LogP contribution is 2.18. The van der Waals surface area contributed by atoms with E-state index in [1.807, 2.05) is 18.2 Å². The molecule has 0 radical (unpaired) electrons. The highest BCUT2D eigenvalue weighted by molar-refractivity contribution is 6.29. The standard InChI is InChI=1S/C8H10Cl2/c9-7-3-1-4-8(10)6-2-5-7/h1,3-4,7H,2,5-6H2/b3-1-,8-4?. The van der Waals surface area contributed by atoms with Crippen LogP contribution in [-0.4, -0.2) is 5.38 Å². The van der Waals surface area contributed by atoms with E-state index in [-0.39, 0.29) is 5.38 Å². The van der Waals surface area contributed by atoms with E-state index in [0.717, 1.165) is 24.3 Å². The van der Waals surface area contributed by atoms with Gasteiger partial charge in [0.15, 0.2) is 0 Å². The minimum absolute atomic E-state index is 0.195. The van der Waals surface area contributed by atoms with Crippen molar-refractivity contribution in [1.29, 1.82) is 0 Å². The van der Waals surface area contributed by atoms with Crippen molar-refractivity contribution in [3.05, 3.63) is 23.3 Å². The molecule has 0 amide bonds. The van der Waals surface area contributed by atoms with Gasteiger partial charge in [0.25, 0.3) is 0 Å².